The van der Waals surface area contributed by atoms with Gasteiger partial charge in [-0.1, -0.05) is 0 Å². The van der Waals surface area contributed by atoms with Crippen LogP contribution in [0.25, 0.3) is 0 Å². The second kappa shape index (κ2) is 4.33. The zero-order chi connectivity index (χ0) is 10.7. The monoisotopic (exact) mass is 208 g/mol. The Kier molecular flexibility index (Phi) is 2.89. The maximum atomic E-state index is 9.68. The van der Waals surface area contributed by atoms with E-state index in [-0.39, 0.29) is 6.42 Å². The Balaban J connectivity index is 1.98. The Morgan fingerprint density at radius 2 is 1.40 bits per heavy atom. The molecule has 0 amide bonds. The van der Waals surface area contributed by atoms with Crippen molar-refractivity contribution in [2.24, 2.45) is 0 Å². The number of hydrogen-bond acceptors (Lipinski definition) is 4. The van der Waals surface area contributed by atoms with Crippen molar-refractivity contribution in [3.05, 3.63) is 48.3 Å². The second-order valence-electron chi connectivity index (χ2n) is 3.30. The van der Waals surface area contributed by atoms with Gasteiger partial charge < -0.3 is 19.0 Å². The molecule has 4 nitrogen and oxygen atoms in total. The van der Waals surface area contributed by atoms with Crippen LogP contribution in [0.1, 0.15) is 30.1 Å². The molecular weight excluding hydrogens is 196 g/mol. The Bertz CT molecular complexity index is 338. The second-order valence-corrected chi connectivity index (χ2v) is 3.30. The molecule has 2 rings (SSSR count). The Labute approximate surface area is 86.8 Å². The third-order valence-corrected chi connectivity index (χ3v) is 2.19. The fourth-order valence-corrected chi connectivity index (χ4v) is 1.41. The van der Waals surface area contributed by atoms with E-state index in [9.17, 15) is 10.2 Å². The summed E-state index contributed by atoms with van der Waals surface area (Å²) in [4.78, 5) is 0. The lowest BCUT2D eigenvalue weighted by Gasteiger charge is -2.11. The van der Waals surface area contributed by atoms with Crippen LogP contribution < -0.4 is 0 Å². The molecule has 0 saturated carbocycles. The molecule has 0 fully saturated rings. The topological polar surface area (TPSA) is 66.7 Å². The number of aliphatic hydroxyl groups excluding tert-OH is 2. The average Bonchev–Trinajstić information content (AvgIpc) is 2.91. The van der Waals surface area contributed by atoms with Crippen LogP contribution in [-0.2, 0) is 0 Å². The normalized spacial score (nSPS) is 15.1. The molecule has 2 N–H and O–H groups in total. The first-order valence-corrected chi connectivity index (χ1v) is 4.70. The van der Waals surface area contributed by atoms with Gasteiger partial charge in [-0.2, -0.15) is 0 Å². The van der Waals surface area contributed by atoms with Gasteiger partial charge in [-0.25, -0.2) is 0 Å². The van der Waals surface area contributed by atoms with Crippen molar-refractivity contribution in [3.63, 3.8) is 0 Å². The molecule has 0 aliphatic rings. The van der Waals surface area contributed by atoms with Crippen molar-refractivity contribution in [2.45, 2.75) is 18.6 Å². The molecule has 80 valence electrons. The van der Waals surface area contributed by atoms with E-state index in [1.165, 1.54) is 12.5 Å². The summed E-state index contributed by atoms with van der Waals surface area (Å²) in [5, 5.41) is 19.4. The van der Waals surface area contributed by atoms with Crippen LogP contribution in [0.3, 0.4) is 0 Å². The molecule has 0 aromatic carbocycles. The van der Waals surface area contributed by atoms with E-state index in [4.69, 9.17) is 8.83 Å². The molecule has 0 spiro atoms. The van der Waals surface area contributed by atoms with Crippen LogP contribution in [0.4, 0.5) is 0 Å². The van der Waals surface area contributed by atoms with E-state index in [1.54, 1.807) is 24.3 Å². The average molecular weight is 208 g/mol. The van der Waals surface area contributed by atoms with E-state index in [1.807, 2.05) is 0 Å². The number of aliphatic hydroxyl groups is 2. The standard InChI is InChI=1S/C11H12O4/c12-8(10-3-1-5-14-10)7-9(13)11-4-2-6-15-11/h1-6,8-9,12-13H,7H2. The van der Waals surface area contributed by atoms with E-state index >= 15 is 0 Å². The Morgan fingerprint density at radius 1 is 0.933 bits per heavy atom. The Morgan fingerprint density at radius 3 is 1.73 bits per heavy atom. The zero-order valence-electron chi connectivity index (χ0n) is 8.04. The first kappa shape index (κ1) is 10.0. The lowest BCUT2D eigenvalue weighted by Crippen LogP contribution is -2.04. The van der Waals surface area contributed by atoms with Crippen molar-refractivity contribution >= 4 is 0 Å². The van der Waals surface area contributed by atoms with Crippen molar-refractivity contribution in [1.82, 2.24) is 0 Å². The molecule has 0 aliphatic carbocycles. The minimum Gasteiger partial charge on any atom is -0.467 e. The molecule has 4 heteroatoms. The van der Waals surface area contributed by atoms with Crippen LogP contribution >= 0.6 is 0 Å². The van der Waals surface area contributed by atoms with Crippen molar-refractivity contribution < 1.29 is 19.0 Å². The minimum atomic E-state index is -0.819. The lowest BCUT2D eigenvalue weighted by atomic mass is 10.1. The lowest BCUT2D eigenvalue weighted by molar-refractivity contribution is 0.0558. The fraction of sp³-hybridized carbons (Fsp3) is 0.273. The molecule has 0 bridgehead atoms. The van der Waals surface area contributed by atoms with Gasteiger partial charge in [-0.3, -0.25) is 0 Å². The van der Waals surface area contributed by atoms with Crippen LogP contribution in [0.2, 0.25) is 0 Å². The maximum absolute atomic E-state index is 9.68. The molecule has 2 aromatic heterocycles. The van der Waals surface area contributed by atoms with Gasteiger partial charge in [0.15, 0.2) is 0 Å². The highest BCUT2D eigenvalue weighted by Gasteiger charge is 2.18. The summed E-state index contributed by atoms with van der Waals surface area (Å²) < 4.78 is 10.0. The smallest absolute Gasteiger partial charge is 0.132 e. The summed E-state index contributed by atoms with van der Waals surface area (Å²) in [6, 6.07) is 6.72. The predicted molar refractivity (Wildman–Crippen MR) is 52.0 cm³/mol. The summed E-state index contributed by atoms with van der Waals surface area (Å²) in [5.41, 5.74) is 0. The van der Waals surface area contributed by atoms with Gasteiger partial charge in [0, 0.05) is 6.42 Å². The molecule has 2 unspecified atom stereocenters. The van der Waals surface area contributed by atoms with E-state index in [0.29, 0.717) is 11.5 Å². The van der Waals surface area contributed by atoms with Gasteiger partial charge in [0.1, 0.15) is 23.7 Å². The van der Waals surface area contributed by atoms with Gasteiger partial charge in [-0.15, -0.1) is 0 Å². The molecule has 0 aliphatic heterocycles. The highest BCUT2D eigenvalue weighted by atomic mass is 16.4. The van der Waals surface area contributed by atoms with Crippen molar-refractivity contribution in [3.8, 4) is 0 Å². The van der Waals surface area contributed by atoms with Gasteiger partial charge in [0.05, 0.1) is 12.5 Å². The van der Waals surface area contributed by atoms with Crippen molar-refractivity contribution in [1.29, 1.82) is 0 Å². The number of furan rings is 2. The van der Waals surface area contributed by atoms with Crippen LogP contribution in [0.5, 0.6) is 0 Å². The van der Waals surface area contributed by atoms with Gasteiger partial charge in [0.2, 0.25) is 0 Å². The van der Waals surface area contributed by atoms with E-state index in [2.05, 4.69) is 0 Å². The number of hydrogen-bond donors (Lipinski definition) is 2. The predicted octanol–water partition coefficient (Wildman–Crippen LogP) is 2.03. The highest BCUT2D eigenvalue weighted by molar-refractivity contribution is 5.06. The van der Waals surface area contributed by atoms with E-state index < -0.39 is 12.2 Å². The summed E-state index contributed by atoms with van der Waals surface area (Å²) in [7, 11) is 0. The van der Waals surface area contributed by atoms with Gasteiger partial charge in [-0.05, 0) is 24.3 Å². The molecule has 2 heterocycles. The summed E-state index contributed by atoms with van der Waals surface area (Å²) >= 11 is 0. The number of rotatable bonds is 4. The molecule has 0 radical (unpaired) electrons. The summed E-state index contributed by atoms with van der Waals surface area (Å²) in [6.07, 6.45) is 1.48. The molecular formula is C11H12O4. The minimum absolute atomic E-state index is 0.154. The third-order valence-electron chi connectivity index (χ3n) is 2.19. The van der Waals surface area contributed by atoms with Crippen LogP contribution in [0.15, 0.2) is 45.6 Å². The van der Waals surface area contributed by atoms with Crippen molar-refractivity contribution in [2.75, 3.05) is 0 Å². The van der Waals surface area contributed by atoms with Gasteiger partial charge >= 0.3 is 0 Å². The fourth-order valence-electron chi connectivity index (χ4n) is 1.41. The molecule has 15 heavy (non-hydrogen) atoms. The van der Waals surface area contributed by atoms with Crippen LogP contribution in [-0.4, -0.2) is 10.2 Å². The molecule has 2 atom stereocenters. The Hall–Kier alpha value is -1.52. The first-order chi connectivity index (χ1) is 7.27. The highest BCUT2D eigenvalue weighted by Crippen LogP contribution is 2.26. The molecule has 0 saturated heterocycles. The maximum Gasteiger partial charge on any atom is 0.132 e. The van der Waals surface area contributed by atoms with E-state index in [0.717, 1.165) is 0 Å². The summed E-state index contributed by atoms with van der Waals surface area (Å²) in [6.45, 7) is 0. The SMILES string of the molecule is OC(CC(O)c1ccco1)c1ccco1. The largest absolute Gasteiger partial charge is 0.467 e. The van der Waals surface area contributed by atoms with Gasteiger partial charge in [0.25, 0.3) is 0 Å². The third kappa shape index (κ3) is 2.29. The summed E-state index contributed by atoms with van der Waals surface area (Å²) in [5.74, 6) is 0.890. The zero-order valence-corrected chi connectivity index (χ0v) is 8.04. The molecule has 2 aromatic rings. The first-order valence-electron chi connectivity index (χ1n) is 4.70. The van der Waals surface area contributed by atoms with Crippen LogP contribution in [0, 0.1) is 0 Å². The quantitative estimate of drug-likeness (QED) is 0.806.